The minimum Gasteiger partial charge on any atom is -0.378 e. The Balaban J connectivity index is 1.44. The highest BCUT2D eigenvalue weighted by Gasteiger charge is 2.16. The molecule has 0 spiro atoms. The number of morpholine rings is 1. The van der Waals surface area contributed by atoms with E-state index in [1.165, 1.54) is 17.3 Å². The first-order valence-corrected chi connectivity index (χ1v) is 10.8. The summed E-state index contributed by atoms with van der Waals surface area (Å²) in [7, 11) is 0. The minimum atomic E-state index is -0.0266. The number of pyridine rings is 1. The number of hydrogen-bond donors (Lipinski definition) is 1. The maximum Gasteiger partial charge on any atom is 0.234 e. The van der Waals surface area contributed by atoms with Gasteiger partial charge in [0.15, 0.2) is 0 Å². The Morgan fingerprint density at radius 3 is 2.76 bits per heavy atom. The van der Waals surface area contributed by atoms with Gasteiger partial charge in [0, 0.05) is 18.5 Å². The number of para-hydroxylation sites is 2. The molecule has 29 heavy (non-hydrogen) atoms. The number of nitrogens with one attached hydrogen (secondary N) is 1. The van der Waals surface area contributed by atoms with E-state index in [-0.39, 0.29) is 5.91 Å². The van der Waals surface area contributed by atoms with Gasteiger partial charge >= 0.3 is 0 Å². The molecule has 4 rings (SSSR count). The zero-order chi connectivity index (χ0) is 20.2. The molecule has 0 saturated carbocycles. The first-order chi connectivity index (χ1) is 14.1. The second-order valence-electron chi connectivity index (χ2n) is 7.26. The van der Waals surface area contributed by atoms with Crippen LogP contribution >= 0.6 is 11.8 Å². The summed E-state index contributed by atoms with van der Waals surface area (Å²) < 4.78 is 5.44. The molecule has 2 heterocycles. The molecule has 1 saturated heterocycles. The van der Waals surface area contributed by atoms with E-state index in [2.05, 4.69) is 41.4 Å². The molecular formula is C23H25N3O2S. The molecule has 150 valence electrons. The number of benzene rings is 2. The summed E-state index contributed by atoms with van der Waals surface area (Å²) in [5, 5.41) is 5.10. The molecule has 0 aliphatic carbocycles. The molecule has 1 aliphatic rings. The lowest BCUT2D eigenvalue weighted by Gasteiger charge is -2.30. The van der Waals surface area contributed by atoms with Gasteiger partial charge in [-0.3, -0.25) is 4.79 Å². The van der Waals surface area contributed by atoms with E-state index in [4.69, 9.17) is 9.72 Å². The topological polar surface area (TPSA) is 54.5 Å². The lowest BCUT2D eigenvalue weighted by molar-refractivity contribution is -0.113. The minimum absolute atomic E-state index is 0.0266. The zero-order valence-corrected chi connectivity index (χ0v) is 17.6. The van der Waals surface area contributed by atoms with Crippen LogP contribution in [0.25, 0.3) is 10.9 Å². The van der Waals surface area contributed by atoms with Crippen LogP contribution in [0.4, 0.5) is 11.4 Å². The fraction of sp³-hybridized carbons (Fsp3) is 0.304. The number of fused-ring (bicyclic) bond motifs is 1. The lowest BCUT2D eigenvalue weighted by atomic mass is 10.1. The zero-order valence-electron chi connectivity index (χ0n) is 16.8. The maximum absolute atomic E-state index is 12.6. The van der Waals surface area contributed by atoms with Crippen molar-refractivity contribution >= 4 is 39.9 Å². The average Bonchev–Trinajstić information content (AvgIpc) is 2.73. The van der Waals surface area contributed by atoms with E-state index in [0.717, 1.165) is 46.0 Å². The predicted molar refractivity (Wildman–Crippen MR) is 120 cm³/mol. The molecule has 1 amide bonds. The first kappa shape index (κ1) is 19.7. The number of ether oxygens (including phenoxy) is 1. The van der Waals surface area contributed by atoms with Gasteiger partial charge in [-0.05, 0) is 49.2 Å². The second kappa shape index (κ2) is 8.84. The highest BCUT2D eigenvalue weighted by molar-refractivity contribution is 8.00. The molecule has 6 heteroatoms. The predicted octanol–water partition coefficient (Wildman–Crippen LogP) is 4.42. The van der Waals surface area contributed by atoms with E-state index in [1.807, 2.05) is 31.2 Å². The standard InChI is InChI=1S/C23H25N3O2S/c1-16-7-8-18-14-17(2)23(25-20(18)13-16)29-15-22(27)24-19-5-3-4-6-21(19)26-9-11-28-12-10-26/h3-8,13-14H,9-12,15H2,1-2H3,(H,24,27). The fourth-order valence-electron chi connectivity index (χ4n) is 3.49. The van der Waals surface area contributed by atoms with Gasteiger partial charge in [0.2, 0.25) is 5.91 Å². The number of carbonyl (C=O) groups excluding carboxylic acids is 1. The van der Waals surface area contributed by atoms with Crippen molar-refractivity contribution in [3.05, 3.63) is 59.7 Å². The second-order valence-corrected chi connectivity index (χ2v) is 8.22. The van der Waals surface area contributed by atoms with Gasteiger partial charge in [-0.1, -0.05) is 36.0 Å². The maximum atomic E-state index is 12.6. The van der Waals surface area contributed by atoms with Crippen LogP contribution in [0.2, 0.25) is 0 Å². The van der Waals surface area contributed by atoms with Crippen molar-refractivity contribution < 1.29 is 9.53 Å². The number of hydrogen-bond acceptors (Lipinski definition) is 5. The summed E-state index contributed by atoms with van der Waals surface area (Å²) in [6, 6.07) is 16.3. The highest BCUT2D eigenvalue weighted by atomic mass is 32.2. The van der Waals surface area contributed by atoms with Crippen molar-refractivity contribution in [2.45, 2.75) is 18.9 Å². The van der Waals surface area contributed by atoms with E-state index in [0.29, 0.717) is 19.0 Å². The van der Waals surface area contributed by atoms with Gasteiger partial charge in [0.1, 0.15) is 5.03 Å². The van der Waals surface area contributed by atoms with Crippen LogP contribution in [0.3, 0.4) is 0 Å². The van der Waals surface area contributed by atoms with Crippen molar-refractivity contribution in [3.63, 3.8) is 0 Å². The van der Waals surface area contributed by atoms with Crippen LogP contribution in [-0.2, 0) is 9.53 Å². The third-order valence-electron chi connectivity index (χ3n) is 4.99. The van der Waals surface area contributed by atoms with Crippen molar-refractivity contribution in [2.24, 2.45) is 0 Å². The SMILES string of the molecule is Cc1ccc2cc(C)c(SCC(=O)Nc3ccccc3N3CCOCC3)nc2c1. The lowest BCUT2D eigenvalue weighted by Crippen LogP contribution is -2.36. The Morgan fingerprint density at radius 1 is 1.14 bits per heavy atom. The summed E-state index contributed by atoms with van der Waals surface area (Å²) in [6.45, 7) is 7.20. The molecule has 1 aromatic heterocycles. The van der Waals surface area contributed by atoms with E-state index >= 15 is 0 Å². The van der Waals surface area contributed by atoms with Gasteiger partial charge in [0.05, 0.1) is 35.9 Å². The first-order valence-electron chi connectivity index (χ1n) is 9.82. The summed E-state index contributed by atoms with van der Waals surface area (Å²) in [4.78, 5) is 19.7. The highest BCUT2D eigenvalue weighted by Crippen LogP contribution is 2.28. The van der Waals surface area contributed by atoms with Crippen molar-refractivity contribution in [3.8, 4) is 0 Å². The molecule has 0 unspecified atom stereocenters. The quantitative estimate of drug-likeness (QED) is 0.635. The molecule has 1 N–H and O–H groups in total. The number of thioether (sulfide) groups is 1. The van der Waals surface area contributed by atoms with Crippen LogP contribution in [0, 0.1) is 13.8 Å². The number of amides is 1. The molecule has 0 atom stereocenters. The Bertz CT molecular complexity index is 1030. The monoisotopic (exact) mass is 407 g/mol. The normalized spacial score (nSPS) is 14.2. The van der Waals surface area contributed by atoms with E-state index in [1.54, 1.807) is 0 Å². The van der Waals surface area contributed by atoms with Gasteiger partial charge < -0.3 is 15.0 Å². The van der Waals surface area contributed by atoms with E-state index in [9.17, 15) is 4.79 Å². The number of anilines is 2. The van der Waals surface area contributed by atoms with Crippen LogP contribution < -0.4 is 10.2 Å². The molecular weight excluding hydrogens is 382 g/mol. The van der Waals surface area contributed by atoms with Crippen molar-refractivity contribution in [1.29, 1.82) is 0 Å². The van der Waals surface area contributed by atoms with Crippen molar-refractivity contribution in [1.82, 2.24) is 4.98 Å². The summed E-state index contributed by atoms with van der Waals surface area (Å²) in [6.07, 6.45) is 0. The number of carbonyl (C=O) groups is 1. The van der Waals surface area contributed by atoms with Gasteiger partial charge in [0.25, 0.3) is 0 Å². The van der Waals surface area contributed by atoms with Gasteiger partial charge in [-0.15, -0.1) is 0 Å². The molecule has 2 aromatic carbocycles. The van der Waals surface area contributed by atoms with Crippen LogP contribution in [-0.4, -0.2) is 42.9 Å². The number of nitrogens with zero attached hydrogens (tertiary/aromatic N) is 2. The molecule has 1 fully saturated rings. The molecule has 5 nitrogen and oxygen atoms in total. The van der Waals surface area contributed by atoms with E-state index < -0.39 is 0 Å². The van der Waals surface area contributed by atoms with Crippen molar-refractivity contribution in [2.75, 3.05) is 42.3 Å². The number of rotatable bonds is 5. The number of aromatic nitrogens is 1. The van der Waals surface area contributed by atoms with Crippen LogP contribution in [0.5, 0.6) is 0 Å². The summed E-state index contributed by atoms with van der Waals surface area (Å²) >= 11 is 1.48. The Hall–Kier alpha value is -2.57. The summed E-state index contributed by atoms with van der Waals surface area (Å²) in [5.74, 6) is 0.295. The molecule has 3 aromatic rings. The molecule has 0 bridgehead atoms. The van der Waals surface area contributed by atoms with Gasteiger partial charge in [-0.25, -0.2) is 4.98 Å². The fourth-order valence-corrected chi connectivity index (χ4v) is 4.28. The summed E-state index contributed by atoms with van der Waals surface area (Å²) in [5.41, 5.74) is 5.13. The Kier molecular flexibility index (Phi) is 6.02. The smallest absolute Gasteiger partial charge is 0.234 e. The number of aryl methyl sites for hydroxylation is 2. The van der Waals surface area contributed by atoms with Crippen LogP contribution in [0.15, 0.2) is 53.6 Å². The Morgan fingerprint density at radius 2 is 1.93 bits per heavy atom. The molecule has 1 aliphatic heterocycles. The van der Waals surface area contributed by atoms with Gasteiger partial charge in [-0.2, -0.15) is 0 Å². The largest absolute Gasteiger partial charge is 0.378 e. The van der Waals surface area contributed by atoms with Crippen LogP contribution in [0.1, 0.15) is 11.1 Å². The average molecular weight is 408 g/mol. The third kappa shape index (κ3) is 4.71. The third-order valence-corrected chi connectivity index (χ3v) is 6.08. The molecule has 0 radical (unpaired) electrons. The Labute approximate surface area is 175 Å².